The van der Waals surface area contributed by atoms with Gasteiger partial charge in [0, 0.05) is 36.5 Å². The molecule has 0 atom stereocenters. The fourth-order valence-corrected chi connectivity index (χ4v) is 5.74. The van der Waals surface area contributed by atoms with E-state index in [9.17, 15) is 4.79 Å². The van der Waals surface area contributed by atoms with Gasteiger partial charge in [-0.25, -0.2) is 4.98 Å². The van der Waals surface area contributed by atoms with Gasteiger partial charge < -0.3 is 24.6 Å². The van der Waals surface area contributed by atoms with Gasteiger partial charge >= 0.3 is 0 Å². The molecule has 0 aliphatic carbocycles. The summed E-state index contributed by atoms with van der Waals surface area (Å²) in [6.07, 6.45) is 5.57. The fourth-order valence-electron chi connectivity index (χ4n) is 4.66. The second-order valence-corrected chi connectivity index (χ2v) is 11.1. The number of unbranched alkanes of at least 4 members (excludes halogenated alkanes) is 1. The van der Waals surface area contributed by atoms with Gasteiger partial charge in [0.15, 0.2) is 5.13 Å². The molecule has 2 aromatic carbocycles. The Kier molecular flexibility index (Phi) is 9.71. The van der Waals surface area contributed by atoms with Crippen LogP contribution in [0.2, 0.25) is 5.02 Å². The van der Waals surface area contributed by atoms with E-state index in [-0.39, 0.29) is 5.91 Å². The summed E-state index contributed by atoms with van der Waals surface area (Å²) in [6, 6.07) is 17.2. The number of anilines is 3. The molecule has 1 fully saturated rings. The molecular formula is C31H34ClN5O3S. The van der Waals surface area contributed by atoms with Gasteiger partial charge in [-0.05, 0) is 61.9 Å². The number of fused-ring (bicyclic) bond motifs is 1. The number of halogens is 1. The SMILES string of the molecule is C/C=C(\C(=O)N(CCCC)c1ccc2nc(Nc3cc(Cl)ccc3OCc3ccccn3)sc2c1)N1CCOCC1. The molecule has 5 rings (SSSR count). The van der Waals surface area contributed by atoms with Gasteiger partial charge in [-0.15, -0.1) is 0 Å². The maximum Gasteiger partial charge on any atom is 0.274 e. The van der Waals surface area contributed by atoms with Crippen LogP contribution < -0.4 is 15.0 Å². The molecule has 8 nitrogen and oxygen atoms in total. The predicted octanol–water partition coefficient (Wildman–Crippen LogP) is 7.04. The van der Waals surface area contributed by atoms with Crippen LogP contribution in [0.3, 0.4) is 0 Å². The predicted molar refractivity (Wildman–Crippen MR) is 166 cm³/mol. The highest BCUT2D eigenvalue weighted by molar-refractivity contribution is 7.22. The molecule has 4 aromatic rings. The van der Waals surface area contributed by atoms with Crippen LogP contribution in [0.4, 0.5) is 16.5 Å². The molecule has 1 aliphatic heterocycles. The van der Waals surface area contributed by atoms with E-state index in [1.54, 1.807) is 12.3 Å². The minimum Gasteiger partial charge on any atom is -0.485 e. The first kappa shape index (κ1) is 28.9. The van der Waals surface area contributed by atoms with Crippen molar-refractivity contribution in [1.29, 1.82) is 0 Å². The number of hydrogen-bond acceptors (Lipinski definition) is 8. The molecule has 0 spiro atoms. The van der Waals surface area contributed by atoms with E-state index in [2.05, 4.69) is 28.2 Å². The van der Waals surface area contributed by atoms with E-state index >= 15 is 0 Å². The average molecular weight is 592 g/mol. The van der Waals surface area contributed by atoms with Crippen LogP contribution in [0.1, 0.15) is 32.4 Å². The van der Waals surface area contributed by atoms with Crippen LogP contribution >= 0.6 is 22.9 Å². The minimum absolute atomic E-state index is 0.0127. The van der Waals surface area contributed by atoms with Crippen LogP contribution in [-0.4, -0.2) is 53.6 Å². The van der Waals surface area contributed by atoms with Crippen molar-refractivity contribution in [2.45, 2.75) is 33.3 Å². The number of carbonyl (C=O) groups is 1. The number of thiazole rings is 1. The Morgan fingerprint density at radius 2 is 2.05 bits per heavy atom. The number of allylic oxidation sites excluding steroid dienone is 1. The van der Waals surface area contributed by atoms with Crippen molar-refractivity contribution in [2.75, 3.05) is 43.1 Å². The molecule has 0 radical (unpaired) electrons. The van der Waals surface area contributed by atoms with Gasteiger partial charge in [-0.3, -0.25) is 9.78 Å². The van der Waals surface area contributed by atoms with Crippen molar-refractivity contribution < 1.29 is 14.3 Å². The number of nitrogens with zero attached hydrogens (tertiary/aromatic N) is 4. The highest BCUT2D eigenvalue weighted by atomic mass is 35.5. The zero-order valence-corrected chi connectivity index (χ0v) is 24.9. The van der Waals surface area contributed by atoms with Crippen molar-refractivity contribution in [2.24, 2.45) is 0 Å². The number of hydrogen-bond donors (Lipinski definition) is 1. The summed E-state index contributed by atoms with van der Waals surface area (Å²) in [7, 11) is 0. The molecule has 10 heteroatoms. The minimum atomic E-state index is 0.0127. The Bertz CT molecular complexity index is 1500. The smallest absolute Gasteiger partial charge is 0.274 e. The van der Waals surface area contributed by atoms with E-state index in [0.717, 1.165) is 45.8 Å². The third kappa shape index (κ3) is 7.16. The monoisotopic (exact) mass is 591 g/mol. The molecule has 2 aromatic heterocycles. The van der Waals surface area contributed by atoms with Gasteiger partial charge in [0.25, 0.3) is 5.91 Å². The van der Waals surface area contributed by atoms with Gasteiger partial charge in [0.05, 0.1) is 40.5 Å². The van der Waals surface area contributed by atoms with E-state index < -0.39 is 0 Å². The molecule has 1 saturated heterocycles. The highest BCUT2D eigenvalue weighted by Gasteiger charge is 2.25. The fraction of sp³-hybridized carbons (Fsp3) is 0.323. The maximum absolute atomic E-state index is 13.8. The van der Waals surface area contributed by atoms with Crippen LogP contribution in [0, 0.1) is 0 Å². The van der Waals surface area contributed by atoms with E-state index in [4.69, 9.17) is 26.1 Å². The number of ether oxygens (including phenoxy) is 2. The van der Waals surface area contributed by atoms with Gasteiger partial charge in [0.1, 0.15) is 12.4 Å². The second-order valence-electron chi connectivity index (χ2n) is 9.63. The summed E-state index contributed by atoms with van der Waals surface area (Å²) >= 11 is 7.84. The molecule has 0 bridgehead atoms. The standard InChI is InChI=1S/C31H34ClN5O3S/c1-3-5-14-37(30(38)27(4-2)36-15-17-39-18-16-36)24-10-11-25-29(20-24)41-31(34-25)35-26-19-22(32)9-12-28(26)40-21-23-8-6-7-13-33-23/h4,6-13,19-20H,3,5,14-18,21H2,1-2H3,(H,34,35)/b27-4+. The topological polar surface area (TPSA) is 79.8 Å². The Morgan fingerprint density at radius 1 is 1.20 bits per heavy atom. The zero-order valence-electron chi connectivity index (χ0n) is 23.3. The molecule has 1 aliphatic rings. The molecule has 1 N–H and O–H groups in total. The van der Waals surface area contributed by atoms with Crippen molar-refractivity contribution in [3.63, 3.8) is 0 Å². The summed E-state index contributed by atoms with van der Waals surface area (Å²) in [4.78, 5) is 26.9. The lowest BCUT2D eigenvalue weighted by Gasteiger charge is -2.33. The Morgan fingerprint density at radius 3 is 2.80 bits per heavy atom. The number of amides is 1. The zero-order chi connectivity index (χ0) is 28.6. The Hall–Kier alpha value is -3.66. The van der Waals surface area contributed by atoms with Crippen molar-refractivity contribution in [3.8, 4) is 5.75 Å². The number of pyridine rings is 1. The number of carbonyl (C=O) groups excluding carboxylic acids is 1. The molecule has 1 amide bonds. The summed E-state index contributed by atoms with van der Waals surface area (Å²) in [5.74, 6) is 0.664. The summed E-state index contributed by atoms with van der Waals surface area (Å²) in [5.41, 5.74) is 3.98. The second kappa shape index (κ2) is 13.8. The normalized spacial score (nSPS) is 13.8. The maximum atomic E-state index is 13.8. The molecule has 3 heterocycles. The van der Waals surface area contributed by atoms with Crippen LogP contribution in [0.25, 0.3) is 10.2 Å². The third-order valence-corrected chi connectivity index (χ3v) is 7.96. The molecule has 41 heavy (non-hydrogen) atoms. The quantitative estimate of drug-likeness (QED) is 0.187. The molecule has 0 unspecified atom stereocenters. The Balaban J connectivity index is 1.38. The lowest BCUT2D eigenvalue weighted by Crippen LogP contribution is -2.43. The lowest BCUT2D eigenvalue weighted by molar-refractivity contribution is -0.117. The third-order valence-electron chi connectivity index (χ3n) is 6.79. The van der Waals surface area contributed by atoms with E-state index in [0.29, 0.717) is 55.4 Å². The van der Waals surface area contributed by atoms with Crippen LogP contribution in [0.15, 0.2) is 72.6 Å². The number of rotatable bonds is 11. The van der Waals surface area contributed by atoms with Gasteiger partial charge in [0.2, 0.25) is 0 Å². The summed E-state index contributed by atoms with van der Waals surface area (Å²) < 4.78 is 12.5. The van der Waals surface area contributed by atoms with Gasteiger partial charge in [-0.1, -0.05) is 48.4 Å². The van der Waals surface area contributed by atoms with Crippen LogP contribution in [0.5, 0.6) is 5.75 Å². The van der Waals surface area contributed by atoms with Crippen molar-refractivity contribution >= 4 is 55.6 Å². The lowest BCUT2D eigenvalue weighted by atomic mass is 10.2. The van der Waals surface area contributed by atoms with E-state index in [1.165, 1.54) is 11.3 Å². The largest absolute Gasteiger partial charge is 0.485 e. The Labute approximate surface area is 249 Å². The molecule has 0 saturated carbocycles. The van der Waals surface area contributed by atoms with Crippen molar-refractivity contribution in [3.05, 3.63) is 83.3 Å². The molecular weight excluding hydrogens is 558 g/mol. The summed E-state index contributed by atoms with van der Waals surface area (Å²) in [6.45, 7) is 7.73. The highest BCUT2D eigenvalue weighted by Crippen LogP contribution is 2.36. The first-order valence-electron chi connectivity index (χ1n) is 13.9. The van der Waals surface area contributed by atoms with Gasteiger partial charge in [-0.2, -0.15) is 0 Å². The number of morpholine rings is 1. The number of aromatic nitrogens is 2. The number of benzene rings is 2. The van der Waals surface area contributed by atoms with Crippen LogP contribution in [-0.2, 0) is 16.1 Å². The average Bonchev–Trinajstić information content (AvgIpc) is 3.40. The first-order valence-corrected chi connectivity index (χ1v) is 15.1. The van der Waals surface area contributed by atoms with Crippen molar-refractivity contribution in [1.82, 2.24) is 14.9 Å². The number of nitrogens with one attached hydrogen (secondary N) is 1. The summed E-state index contributed by atoms with van der Waals surface area (Å²) in [5, 5.41) is 4.68. The molecule has 214 valence electrons. The van der Waals surface area contributed by atoms with E-state index in [1.807, 2.05) is 60.4 Å². The first-order chi connectivity index (χ1) is 20.1.